The van der Waals surface area contributed by atoms with E-state index in [2.05, 4.69) is 16.9 Å². The summed E-state index contributed by atoms with van der Waals surface area (Å²) in [5.41, 5.74) is 4.63. The number of hydrogen-bond acceptors (Lipinski definition) is 4. The minimum atomic E-state index is -0.705. The first kappa shape index (κ1) is 34.8. The van der Waals surface area contributed by atoms with E-state index in [1.54, 1.807) is 49.4 Å². The number of aromatic nitrogens is 1. The number of amides is 3. The zero-order valence-corrected chi connectivity index (χ0v) is 28.7. The number of carbonyl (C=O) groups is 3. The van der Waals surface area contributed by atoms with Crippen molar-refractivity contribution in [1.82, 2.24) is 14.8 Å². The van der Waals surface area contributed by atoms with Crippen LogP contribution in [0.25, 0.3) is 17.0 Å². The summed E-state index contributed by atoms with van der Waals surface area (Å²) in [5.74, 6) is -1.97. The first-order valence-electron chi connectivity index (χ1n) is 16.3. The molecule has 0 saturated heterocycles. The number of nitrogens with zero attached hydrogens (tertiary/aromatic N) is 3. The standard InChI is InChI=1S/C42H35FN4O3S/c1-3-5-18-34(4-2)47-41(50)36(25-32-27-46(37-20-13-12-19-35(32)37)26-29-21-23-33(43)24-22-29)40(49)45-42(47)51-28-38(48)44-39(30-14-8-6-9-15-30)31-16-10-7-11-17-31/h3-25,27,39H,1,26,28H2,2H3,(H,44,48)/b18-5-,34-4+,36-25+. The van der Waals surface area contributed by atoms with Gasteiger partial charge in [0.15, 0.2) is 5.17 Å². The molecule has 0 spiro atoms. The molecule has 7 nitrogen and oxygen atoms in total. The third-order valence-corrected chi connectivity index (χ3v) is 9.24. The minimum absolute atomic E-state index is 0.0915. The van der Waals surface area contributed by atoms with Crippen molar-refractivity contribution < 1.29 is 18.8 Å². The Morgan fingerprint density at radius 2 is 1.57 bits per heavy atom. The fraction of sp³-hybridized carbons (Fsp3) is 0.0952. The van der Waals surface area contributed by atoms with Crippen LogP contribution in [0.2, 0.25) is 0 Å². The molecule has 1 aliphatic rings. The van der Waals surface area contributed by atoms with Crippen LogP contribution in [-0.4, -0.2) is 38.1 Å². The molecule has 1 aliphatic heterocycles. The third-order valence-electron chi connectivity index (χ3n) is 8.30. The van der Waals surface area contributed by atoms with Gasteiger partial charge in [0, 0.05) is 34.9 Å². The summed E-state index contributed by atoms with van der Waals surface area (Å²) in [6.07, 6.45) is 10.1. The Labute approximate surface area is 300 Å². The molecule has 0 unspecified atom stereocenters. The summed E-state index contributed by atoms with van der Waals surface area (Å²) in [6.45, 7) is 5.98. The van der Waals surface area contributed by atoms with Crippen molar-refractivity contribution in [3.05, 3.63) is 186 Å². The van der Waals surface area contributed by atoms with Gasteiger partial charge in [0.05, 0.1) is 11.8 Å². The smallest absolute Gasteiger partial charge is 0.285 e. The van der Waals surface area contributed by atoms with E-state index >= 15 is 0 Å². The van der Waals surface area contributed by atoms with E-state index in [1.807, 2.05) is 95.7 Å². The Morgan fingerprint density at radius 1 is 0.922 bits per heavy atom. The third kappa shape index (κ3) is 8.06. The van der Waals surface area contributed by atoms with E-state index in [4.69, 9.17) is 0 Å². The number of carbonyl (C=O) groups excluding carboxylic acids is 3. The van der Waals surface area contributed by atoms with Gasteiger partial charge in [-0.05, 0) is 54.0 Å². The molecule has 3 amide bonds. The molecular formula is C42H35FN4O3S. The summed E-state index contributed by atoms with van der Waals surface area (Å²) >= 11 is 1.01. The Hall–Kier alpha value is -6.06. The number of rotatable bonds is 11. The number of allylic oxidation sites excluding steroid dienone is 4. The van der Waals surface area contributed by atoms with Gasteiger partial charge >= 0.3 is 0 Å². The Kier molecular flexibility index (Phi) is 11.0. The van der Waals surface area contributed by atoms with Gasteiger partial charge in [0.2, 0.25) is 5.91 Å². The highest BCUT2D eigenvalue weighted by molar-refractivity contribution is 8.14. The number of benzene rings is 4. The van der Waals surface area contributed by atoms with Crippen molar-refractivity contribution >= 4 is 51.6 Å². The lowest BCUT2D eigenvalue weighted by molar-refractivity contribution is -0.126. The van der Waals surface area contributed by atoms with Gasteiger partial charge < -0.3 is 9.88 Å². The fourth-order valence-electron chi connectivity index (χ4n) is 5.86. The zero-order valence-electron chi connectivity index (χ0n) is 27.9. The molecule has 6 rings (SSSR count). The first-order chi connectivity index (χ1) is 24.9. The molecule has 254 valence electrons. The van der Waals surface area contributed by atoms with Crippen LogP contribution in [0.15, 0.2) is 163 Å². The van der Waals surface area contributed by atoms with E-state index in [-0.39, 0.29) is 28.2 Å². The number of hydrogen-bond donors (Lipinski definition) is 1. The van der Waals surface area contributed by atoms with E-state index in [0.29, 0.717) is 17.8 Å². The lowest BCUT2D eigenvalue weighted by Crippen LogP contribution is -2.42. The number of halogens is 1. The highest BCUT2D eigenvalue weighted by atomic mass is 32.2. The van der Waals surface area contributed by atoms with Crippen LogP contribution in [0, 0.1) is 5.82 Å². The number of nitrogens with one attached hydrogen (secondary N) is 1. The lowest BCUT2D eigenvalue weighted by atomic mass is 9.99. The van der Waals surface area contributed by atoms with Gasteiger partial charge in [-0.15, -0.1) is 0 Å². The summed E-state index contributed by atoms with van der Waals surface area (Å²) in [7, 11) is 0. The van der Waals surface area contributed by atoms with Gasteiger partial charge in [-0.2, -0.15) is 4.99 Å². The molecule has 5 aromatic rings. The molecule has 0 bridgehead atoms. The van der Waals surface area contributed by atoms with Crippen molar-refractivity contribution in [3.8, 4) is 0 Å². The monoisotopic (exact) mass is 694 g/mol. The molecule has 1 aromatic heterocycles. The van der Waals surface area contributed by atoms with E-state index in [0.717, 1.165) is 39.4 Å². The maximum Gasteiger partial charge on any atom is 0.285 e. The molecule has 9 heteroatoms. The first-order valence-corrected chi connectivity index (χ1v) is 17.3. The molecule has 51 heavy (non-hydrogen) atoms. The predicted molar refractivity (Wildman–Crippen MR) is 203 cm³/mol. The average Bonchev–Trinajstić information content (AvgIpc) is 3.50. The Morgan fingerprint density at radius 3 is 2.22 bits per heavy atom. The van der Waals surface area contributed by atoms with Crippen molar-refractivity contribution in [3.63, 3.8) is 0 Å². The van der Waals surface area contributed by atoms with Gasteiger partial charge in [-0.25, -0.2) is 4.39 Å². The van der Waals surface area contributed by atoms with Gasteiger partial charge in [-0.3, -0.25) is 19.3 Å². The van der Waals surface area contributed by atoms with Crippen LogP contribution in [0.3, 0.4) is 0 Å². The molecule has 0 aliphatic carbocycles. The second-order valence-corrected chi connectivity index (χ2v) is 12.6. The normalized spacial score (nSPS) is 14.5. The number of amidine groups is 1. The van der Waals surface area contributed by atoms with Crippen molar-refractivity contribution in [2.75, 3.05) is 5.75 Å². The van der Waals surface area contributed by atoms with E-state index in [1.165, 1.54) is 17.0 Å². The number of fused-ring (bicyclic) bond motifs is 1. The van der Waals surface area contributed by atoms with Crippen LogP contribution in [0.4, 0.5) is 4.39 Å². The minimum Gasteiger partial charge on any atom is -0.344 e. The largest absolute Gasteiger partial charge is 0.344 e. The molecule has 4 aromatic carbocycles. The van der Waals surface area contributed by atoms with Gasteiger partial charge in [-0.1, -0.05) is 128 Å². The molecule has 0 radical (unpaired) electrons. The Bertz CT molecular complexity index is 2160. The van der Waals surface area contributed by atoms with Gasteiger partial charge in [0.25, 0.3) is 11.8 Å². The van der Waals surface area contributed by atoms with Crippen molar-refractivity contribution in [2.24, 2.45) is 4.99 Å². The van der Waals surface area contributed by atoms with Crippen LogP contribution in [0.5, 0.6) is 0 Å². The summed E-state index contributed by atoms with van der Waals surface area (Å²) in [6, 6.07) is 32.9. The van der Waals surface area contributed by atoms with Crippen molar-refractivity contribution in [2.45, 2.75) is 19.5 Å². The number of thioether (sulfide) groups is 1. The van der Waals surface area contributed by atoms with Gasteiger partial charge in [0.1, 0.15) is 11.4 Å². The molecular weight excluding hydrogens is 660 g/mol. The number of aliphatic imine (C=N–C) groups is 1. The fourth-order valence-corrected chi connectivity index (χ4v) is 6.66. The maximum absolute atomic E-state index is 14.3. The lowest BCUT2D eigenvalue weighted by Gasteiger charge is -2.28. The molecule has 2 heterocycles. The predicted octanol–water partition coefficient (Wildman–Crippen LogP) is 8.22. The molecule has 0 saturated carbocycles. The van der Waals surface area contributed by atoms with Crippen LogP contribution < -0.4 is 5.32 Å². The summed E-state index contributed by atoms with van der Waals surface area (Å²) < 4.78 is 15.6. The quantitative estimate of drug-likeness (QED) is 0.0858. The molecule has 0 fully saturated rings. The zero-order chi connectivity index (χ0) is 35.7. The van der Waals surface area contributed by atoms with Crippen LogP contribution in [0.1, 0.15) is 35.2 Å². The SMILES string of the molecule is C=C/C=C\C(=C/C)N1C(=O)/C(=C/c2cn(Cc3ccc(F)cc3)c3ccccc23)C(=O)N=C1SCC(=O)NC(c1ccccc1)c1ccccc1. The topological polar surface area (TPSA) is 83.8 Å². The number of para-hydroxylation sites is 1. The highest BCUT2D eigenvalue weighted by Crippen LogP contribution is 2.30. The van der Waals surface area contributed by atoms with E-state index in [9.17, 15) is 18.8 Å². The second kappa shape index (κ2) is 16.1. The summed E-state index contributed by atoms with van der Waals surface area (Å²) in [5, 5.41) is 4.04. The Balaban J connectivity index is 1.30. The second-order valence-electron chi connectivity index (χ2n) is 11.7. The van der Waals surface area contributed by atoms with Crippen LogP contribution in [-0.2, 0) is 20.9 Å². The van der Waals surface area contributed by atoms with Crippen LogP contribution >= 0.6 is 11.8 Å². The molecule has 1 N–H and O–H groups in total. The average molecular weight is 695 g/mol. The van der Waals surface area contributed by atoms with Crippen molar-refractivity contribution in [1.29, 1.82) is 0 Å². The van der Waals surface area contributed by atoms with E-state index < -0.39 is 17.9 Å². The maximum atomic E-state index is 14.3. The molecule has 0 atom stereocenters. The highest BCUT2D eigenvalue weighted by Gasteiger charge is 2.35. The summed E-state index contributed by atoms with van der Waals surface area (Å²) in [4.78, 5) is 47.1.